The third kappa shape index (κ3) is 2.94. The van der Waals surface area contributed by atoms with E-state index in [0.717, 1.165) is 29.3 Å². The maximum absolute atomic E-state index is 11.6. The highest BCUT2D eigenvalue weighted by atomic mass is 79.9. The van der Waals surface area contributed by atoms with Crippen LogP contribution in [0.5, 0.6) is 5.75 Å². The molecule has 0 amide bonds. The Labute approximate surface area is 132 Å². The number of carbonyl (C=O) groups is 1. The van der Waals surface area contributed by atoms with Gasteiger partial charge in [-0.3, -0.25) is 9.69 Å². The molecule has 5 heteroatoms. The molecule has 3 atom stereocenters. The van der Waals surface area contributed by atoms with Gasteiger partial charge in [-0.25, -0.2) is 0 Å². The molecule has 1 saturated heterocycles. The van der Waals surface area contributed by atoms with Crippen LogP contribution in [-0.4, -0.2) is 33.2 Å². The molecular formula is C16H20BrNO3. The molecule has 3 unspecified atom stereocenters. The van der Waals surface area contributed by atoms with E-state index in [-0.39, 0.29) is 5.75 Å². The Hall–Kier alpha value is -1.07. The minimum Gasteiger partial charge on any atom is -0.508 e. The third-order valence-electron chi connectivity index (χ3n) is 4.90. The van der Waals surface area contributed by atoms with Gasteiger partial charge in [0.2, 0.25) is 0 Å². The fourth-order valence-electron chi connectivity index (χ4n) is 3.90. The summed E-state index contributed by atoms with van der Waals surface area (Å²) < 4.78 is 0.904. The molecule has 1 heterocycles. The fourth-order valence-corrected chi connectivity index (χ4v) is 4.31. The second-order valence-electron chi connectivity index (χ2n) is 6.15. The number of likely N-dealkylation sites (tertiary alicyclic amines) is 1. The topological polar surface area (TPSA) is 60.8 Å². The lowest BCUT2D eigenvalue weighted by atomic mass is 9.84. The molecule has 2 N–H and O–H groups in total. The molecule has 0 spiro atoms. The molecule has 2 aliphatic rings. The Morgan fingerprint density at radius 2 is 2.10 bits per heavy atom. The molecule has 1 aliphatic heterocycles. The number of hydrogen-bond donors (Lipinski definition) is 2. The molecule has 1 aromatic rings. The van der Waals surface area contributed by atoms with Crippen molar-refractivity contribution in [3.05, 3.63) is 28.2 Å². The smallest absolute Gasteiger partial charge is 0.320 e. The van der Waals surface area contributed by atoms with Crippen LogP contribution in [0.25, 0.3) is 0 Å². The Morgan fingerprint density at radius 3 is 2.86 bits per heavy atom. The van der Waals surface area contributed by atoms with Crippen molar-refractivity contribution in [2.45, 2.75) is 50.7 Å². The second-order valence-corrected chi connectivity index (χ2v) is 7.06. The van der Waals surface area contributed by atoms with Gasteiger partial charge in [-0.15, -0.1) is 0 Å². The number of benzene rings is 1. The molecule has 3 rings (SSSR count). The normalized spacial score (nSPS) is 29.3. The minimum atomic E-state index is -0.737. The van der Waals surface area contributed by atoms with Gasteiger partial charge in [0, 0.05) is 22.6 Å². The zero-order valence-electron chi connectivity index (χ0n) is 11.8. The number of rotatable bonds is 3. The number of phenols is 1. The van der Waals surface area contributed by atoms with Crippen molar-refractivity contribution in [2.75, 3.05) is 0 Å². The van der Waals surface area contributed by atoms with Crippen molar-refractivity contribution >= 4 is 21.9 Å². The molecule has 1 aliphatic carbocycles. The summed E-state index contributed by atoms with van der Waals surface area (Å²) in [4.78, 5) is 13.7. The van der Waals surface area contributed by atoms with Crippen LogP contribution < -0.4 is 0 Å². The van der Waals surface area contributed by atoms with Gasteiger partial charge in [0.1, 0.15) is 11.8 Å². The van der Waals surface area contributed by atoms with Gasteiger partial charge in [-0.05, 0) is 43.4 Å². The van der Waals surface area contributed by atoms with Crippen LogP contribution in [0.3, 0.4) is 0 Å². The van der Waals surface area contributed by atoms with Crippen molar-refractivity contribution < 1.29 is 15.0 Å². The van der Waals surface area contributed by atoms with Crippen molar-refractivity contribution in [3.8, 4) is 5.75 Å². The van der Waals surface area contributed by atoms with Crippen LogP contribution in [-0.2, 0) is 11.3 Å². The largest absolute Gasteiger partial charge is 0.508 e. The lowest BCUT2D eigenvalue weighted by molar-refractivity contribution is -0.142. The molecule has 0 aromatic heterocycles. The number of fused-ring (bicyclic) bond motifs is 1. The quantitative estimate of drug-likeness (QED) is 0.874. The standard InChI is InChI=1S/C16H20BrNO3/c17-12-5-6-15(19)11(7-12)9-18-13-4-2-1-3-10(13)8-14(18)16(20)21/h5-7,10,13-14,19H,1-4,8-9H2,(H,20,21). The number of nitrogens with zero attached hydrogens (tertiary/aromatic N) is 1. The van der Waals surface area contributed by atoms with Crippen LogP contribution in [0.1, 0.15) is 37.7 Å². The predicted molar refractivity (Wildman–Crippen MR) is 83.1 cm³/mol. The van der Waals surface area contributed by atoms with Gasteiger partial charge < -0.3 is 10.2 Å². The molecule has 1 aromatic carbocycles. The summed E-state index contributed by atoms with van der Waals surface area (Å²) >= 11 is 3.41. The van der Waals surface area contributed by atoms with Gasteiger partial charge in [-0.2, -0.15) is 0 Å². The molecule has 4 nitrogen and oxygen atoms in total. The van der Waals surface area contributed by atoms with E-state index in [4.69, 9.17) is 0 Å². The number of carboxylic acid groups (broad SMARTS) is 1. The van der Waals surface area contributed by atoms with Gasteiger partial charge in [0.15, 0.2) is 0 Å². The van der Waals surface area contributed by atoms with Crippen molar-refractivity contribution in [2.24, 2.45) is 5.92 Å². The van der Waals surface area contributed by atoms with Crippen molar-refractivity contribution in [3.63, 3.8) is 0 Å². The van der Waals surface area contributed by atoms with Crippen LogP contribution in [0.2, 0.25) is 0 Å². The van der Waals surface area contributed by atoms with E-state index in [2.05, 4.69) is 20.8 Å². The molecular weight excluding hydrogens is 334 g/mol. The average molecular weight is 354 g/mol. The summed E-state index contributed by atoms with van der Waals surface area (Å²) in [6.45, 7) is 0.503. The van der Waals surface area contributed by atoms with Gasteiger partial charge in [-0.1, -0.05) is 28.8 Å². The van der Waals surface area contributed by atoms with Crippen LogP contribution in [0, 0.1) is 5.92 Å². The highest BCUT2D eigenvalue weighted by molar-refractivity contribution is 9.10. The van der Waals surface area contributed by atoms with Crippen LogP contribution in [0.15, 0.2) is 22.7 Å². The van der Waals surface area contributed by atoms with E-state index < -0.39 is 12.0 Å². The first kappa shape index (κ1) is 14.9. The highest BCUT2D eigenvalue weighted by Gasteiger charge is 2.45. The summed E-state index contributed by atoms with van der Waals surface area (Å²) in [6, 6.07) is 5.25. The molecule has 21 heavy (non-hydrogen) atoms. The molecule has 2 fully saturated rings. The van der Waals surface area contributed by atoms with Gasteiger partial charge in [0.05, 0.1) is 0 Å². The first-order valence-electron chi connectivity index (χ1n) is 7.52. The van der Waals surface area contributed by atoms with E-state index in [1.807, 2.05) is 6.07 Å². The monoisotopic (exact) mass is 353 g/mol. The summed E-state index contributed by atoms with van der Waals surface area (Å²) in [5, 5.41) is 19.5. The van der Waals surface area contributed by atoms with Crippen molar-refractivity contribution in [1.29, 1.82) is 0 Å². The van der Waals surface area contributed by atoms with E-state index in [1.165, 1.54) is 12.8 Å². The first-order valence-corrected chi connectivity index (χ1v) is 8.31. The zero-order valence-corrected chi connectivity index (χ0v) is 13.4. The second kappa shape index (κ2) is 5.97. The molecule has 0 radical (unpaired) electrons. The summed E-state index contributed by atoms with van der Waals surface area (Å²) in [6.07, 6.45) is 5.34. The summed E-state index contributed by atoms with van der Waals surface area (Å²) in [5.41, 5.74) is 0.793. The third-order valence-corrected chi connectivity index (χ3v) is 5.39. The Bertz CT molecular complexity index is 548. The highest BCUT2D eigenvalue weighted by Crippen LogP contribution is 2.41. The Kier molecular flexibility index (Phi) is 4.22. The average Bonchev–Trinajstić information content (AvgIpc) is 2.82. The number of aromatic hydroxyl groups is 1. The Morgan fingerprint density at radius 1 is 1.33 bits per heavy atom. The van der Waals surface area contributed by atoms with E-state index in [9.17, 15) is 15.0 Å². The maximum atomic E-state index is 11.6. The predicted octanol–water partition coefficient (Wildman–Crippen LogP) is 3.37. The van der Waals surface area contributed by atoms with Gasteiger partial charge >= 0.3 is 5.97 Å². The Balaban J connectivity index is 1.86. The molecule has 114 valence electrons. The molecule has 1 saturated carbocycles. The minimum absolute atomic E-state index is 0.238. The zero-order chi connectivity index (χ0) is 15.0. The number of halogens is 1. The molecule has 0 bridgehead atoms. The maximum Gasteiger partial charge on any atom is 0.320 e. The summed E-state index contributed by atoms with van der Waals surface area (Å²) in [5.74, 6) is -0.00497. The lowest BCUT2D eigenvalue weighted by Gasteiger charge is -2.33. The number of aliphatic carboxylic acids is 1. The van der Waals surface area contributed by atoms with E-state index in [1.54, 1.807) is 12.1 Å². The van der Waals surface area contributed by atoms with Crippen LogP contribution in [0.4, 0.5) is 0 Å². The lowest BCUT2D eigenvalue weighted by Crippen LogP contribution is -2.41. The van der Waals surface area contributed by atoms with E-state index in [0.29, 0.717) is 18.5 Å². The summed E-state index contributed by atoms with van der Waals surface area (Å²) in [7, 11) is 0. The SMILES string of the molecule is O=C(O)C1CC2CCCCC2N1Cc1cc(Br)ccc1O. The fraction of sp³-hybridized carbons (Fsp3) is 0.562. The first-order chi connectivity index (χ1) is 10.1. The van der Waals surface area contributed by atoms with E-state index >= 15 is 0 Å². The number of phenolic OH excluding ortho intramolecular Hbond substituents is 1. The van der Waals surface area contributed by atoms with Crippen LogP contribution >= 0.6 is 15.9 Å². The number of carboxylic acids is 1. The number of hydrogen-bond acceptors (Lipinski definition) is 3. The van der Waals surface area contributed by atoms with Gasteiger partial charge in [0.25, 0.3) is 0 Å². The van der Waals surface area contributed by atoms with Crippen molar-refractivity contribution in [1.82, 2.24) is 4.90 Å².